The molecule has 0 heterocycles. The van der Waals surface area contributed by atoms with Crippen LogP contribution in [0.5, 0.6) is 0 Å². The van der Waals surface area contributed by atoms with Crippen LogP contribution in [0.1, 0.15) is 453 Å². The van der Waals surface area contributed by atoms with E-state index < -0.39 is 97.5 Å². The fourth-order valence-electron chi connectivity index (χ4n) is 13.4. The van der Waals surface area contributed by atoms with E-state index in [9.17, 15) is 43.2 Å². The van der Waals surface area contributed by atoms with Gasteiger partial charge in [-0.05, 0) is 43.4 Å². The Labute approximate surface area is 645 Å². The topological polar surface area (TPSA) is 237 Å². The molecular formula is C86H168O17P2. The number of carbonyl (C=O) groups excluding carboxylic acids is 4. The molecule has 0 aliphatic heterocycles. The molecule has 2 unspecified atom stereocenters. The Morgan fingerprint density at radius 3 is 0.648 bits per heavy atom. The van der Waals surface area contributed by atoms with Gasteiger partial charge in [-0.25, -0.2) is 9.13 Å². The van der Waals surface area contributed by atoms with Crippen molar-refractivity contribution in [2.75, 3.05) is 39.6 Å². The minimum absolute atomic E-state index is 0.107. The van der Waals surface area contributed by atoms with Gasteiger partial charge in [0.25, 0.3) is 0 Å². The maximum atomic E-state index is 13.1. The lowest BCUT2D eigenvalue weighted by molar-refractivity contribution is -0.161. The quantitative estimate of drug-likeness (QED) is 0.0222. The lowest BCUT2D eigenvalue weighted by atomic mass is 10.0. The summed E-state index contributed by atoms with van der Waals surface area (Å²) in [5, 5.41) is 10.7. The molecule has 0 aromatic heterocycles. The van der Waals surface area contributed by atoms with Crippen molar-refractivity contribution >= 4 is 39.5 Å². The SMILES string of the molecule is CCCCCCCCCCCCCCCCCCCCCC(=O)O[C@H](COC(=O)CCCCCCCCCCCCCCCCC(C)C)COP(=O)(O)OC[C@@H](O)COP(=O)(O)OC[C@@H](COC(=O)CCCCCCCCCCCC(C)C)OC(=O)CCCCCCCCCCCCCCCCC(C)C. The molecule has 0 aliphatic rings. The summed E-state index contributed by atoms with van der Waals surface area (Å²) in [7, 11) is -9.93. The zero-order valence-electron chi connectivity index (χ0n) is 69.2. The van der Waals surface area contributed by atoms with Crippen LogP contribution >= 0.6 is 15.6 Å². The van der Waals surface area contributed by atoms with Gasteiger partial charge in [0.05, 0.1) is 26.4 Å². The average molecular weight is 1540 g/mol. The number of aliphatic hydroxyl groups is 1. The van der Waals surface area contributed by atoms with Gasteiger partial charge < -0.3 is 33.8 Å². The van der Waals surface area contributed by atoms with Crippen molar-refractivity contribution in [3.63, 3.8) is 0 Å². The van der Waals surface area contributed by atoms with Crippen molar-refractivity contribution < 1.29 is 80.2 Å². The molecular weight excluding hydrogens is 1370 g/mol. The highest BCUT2D eigenvalue weighted by atomic mass is 31.2. The number of rotatable bonds is 84. The van der Waals surface area contributed by atoms with Crippen molar-refractivity contribution in [1.29, 1.82) is 0 Å². The average Bonchev–Trinajstić information content (AvgIpc) is 0.912. The van der Waals surface area contributed by atoms with Gasteiger partial charge in [0.2, 0.25) is 0 Å². The van der Waals surface area contributed by atoms with Gasteiger partial charge >= 0.3 is 39.5 Å². The minimum atomic E-state index is -4.97. The van der Waals surface area contributed by atoms with Gasteiger partial charge in [-0.1, -0.05) is 402 Å². The molecule has 0 fully saturated rings. The Morgan fingerprint density at radius 2 is 0.438 bits per heavy atom. The second-order valence-electron chi connectivity index (χ2n) is 32.4. The predicted octanol–water partition coefficient (Wildman–Crippen LogP) is 26.1. The summed E-state index contributed by atoms with van der Waals surface area (Å²) in [6.45, 7) is 12.0. The van der Waals surface area contributed by atoms with Crippen molar-refractivity contribution in [2.24, 2.45) is 17.8 Å². The Bertz CT molecular complexity index is 2030. The van der Waals surface area contributed by atoms with E-state index >= 15 is 0 Å². The summed E-state index contributed by atoms with van der Waals surface area (Å²) in [5.41, 5.74) is 0. The standard InChI is InChI=1S/C86H168O17P2/c1-8-9-10-11-12-13-14-15-16-17-18-19-20-28-33-40-48-55-62-69-85(90)102-81(73-96-83(88)67-60-53-46-39-32-27-23-21-25-30-36-43-50-57-64-77(2)3)75-100-104(92,93)98-71-80(87)72-99-105(94,95)101-76-82(74-97-84(89)68-61-54-47-42-35-38-45-52-59-66-79(6)7)103-86(91)70-63-56-49-41-34-29-24-22-26-31-37-44-51-58-65-78(4)5/h77-82,87H,8-76H2,1-7H3,(H,92,93)(H,94,95)/t80-,81-,82-/m1/s1. The Balaban J connectivity index is 5.26. The first-order chi connectivity index (χ1) is 50.7. The third-order valence-corrected chi connectivity index (χ3v) is 22.0. The van der Waals surface area contributed by atoms with Gasteiger partial charge in [-0.2, -0.15) is 0 Å². The number of ether oxygens (including phenoxy) is 4. The molecule has 5 atom stereocenters. The summed E-state index contributed by atoms with van der Waals surface area (Å²) < 4.78 is 68.9. The molecule has 0 aliphatic carbocycles. The van der Waals surface area contributed by atoms with E-state index in [0.29, 0.717) is 25.7 Å². The van der Waals surface area contributed by atoms with E-state index in [2.05, 4.69) is 48.5 Å². The molecule has 0 radical (unpaired) electrons. The molecule has 0 bridgehead atoms. The molecule has 105 heavy (non-hydrogen) atoms. The van der Waals surface area contributed by atoms with Gasteiger partial charge in [0.15, 0.2) is 12.2 Å². The Kier molecular flexibility index (Phi) is 74.7. The smallest absolute Gasteiger partial charge is 0.462 e. The fourth-order valence-corrected chi connectivity index (χ4v) is 14.9. The molecule has 0 spiro atoms. The van der Waals surface area contributed by atoms with Gasteiger partial charge in [-0.15, -0.1) is 0 Å². The van der Waals surface area contributed by atoms with E-state index in [1.54, 1.807) is 0 Å². The van der Waals surface area contributed by atoms with E-state index in [-0.39, 0.29) is 25.7 Å². The normalized spacial score (nSPS) is 13.9. The largest absolute Gasteiger partial charge is 0.472 e. The van der Waals surface area contributed by atoms with Crippen molar-refractivity contribution in [1.82, 2.24) is 0 Å². The maximum Gasteiger partial charge on any atom is 0.472 e. The Hall–Kier alpha value is -1.94. The summed E-state index contributed by atoms with van der Waals surface area (Å²) in [6, 6.07) is 0. The number of phosphoric acid groups is 2. The zero-order chi connectivity index (χ0) is 77.2. The number of unbranched alkanes of at least 4 members (excludes halogenated alkanes) is 52. The molecule has 3 N–H and O–H groups in total. The molecule has 0 amide bonds. The van der Waals surface area contributed by atoms with Crippen LogP contribution in [-0.2, 0) is 65.4 Å². The molecule has 17 nitrogen and oxygen atoms in total. The minimum Gasteiger partial charge on any atom is -0.462 e. The second kappa shape index (κ2) is 76.1. The van der Waals surface area contributed by atoms with Crippen LogP contribution in [-0.4, -0.2) is 96.7 Å². The fraction of sp³-hybridized carbons (Fsp3) is 0.953. The number of esters is 4. The first-order valence-electron chi connectivity index (χ1n) is 44.3. The van der Waals surface area contributed by atoms with Gasteiger partial charge in [0.1, 0.15) is 19.3 Å². The van der Waals surface area contributed by atoms with Crippen LogP contribution in [0.15, 0.2) is 0 Å². The monoisotopic (exact) mass is 1540 g/mol. The van der Waals surface area contributed by atoms with Crippen molar-refractivity contribution in [3.05, 3.63) is 0 Å². The number of aliphatic hydroxyl groups excluding tert-OH is 1. The third kappa shape index (κ3) is 79.9. The molecule has 0 saturated heterocycles. The van der Waals surface area contributed by atoms with Crippen LogP contribution in [0.2, 0.25) is 0 Å². The molecule has 19 heteroatoms. The van der Waals surface area contributed by atoms with Crippen LogP contribution in [0.25, 0.3) is 0 Å². The lowest BCUT2D eigenvalue weighted by Crippen LogP contribution is -2.30. The van der Waals surface area contributed by atoms with E-state index in [0.717, 1.165) is 108 Å². The van der Waals surface area contributed by atoms with Crippen molar-refractivity contribution in [2.45, 2.75) is 471 Å². The highest BCUT2D eigenvalue weighted by Gasteiger charge is 2.30. The first-order valence-corrected chi connectivity index (χ1v) is 47.3. The molecule has 0 aromatic carbocycles. The predicted molar refractivity (Wildman–Crippen MR) is 432 cm³/mol. The molecule has 0 aromatic rings. The van der Waals surface area contributed by atoms with Crippen LogP contribution < -0.4 is 0 Å². The molecule has 0 saturated carbocycles. The summed E-state index contributed by atoms with van der Waals surface area (Å²) >= 11 is 0. The van der Waals surface area contributed by atoms with Crippen LogP contribution in [0, 0.1) is 17.8 Å². The number of hydrogen-bond donors (Lipinski definition) is 3. The number of hydrogen-bond acceptors (Lipinski definition) is 15. The highest BCUT2D eigenvalue weighted by Crippen LogP contribution is 2.45. The summed E-state index contributed by atoms with van der Waals surface area (Å²) in [6.07, 6.45) is 66.6. The van der Waals surface area contributed by atoms with Crippen molar-refractivity contribution in [3.8, 4) is 0 Å². The number of carbonyl (C=O) groups is 4. The Morgan fingerprint density at radius 1 is 0.257 bits per heavy atom. The van der Waals surface area contributed by atoms with E-state index in [1.807, 2.05) is 0 Å². The molecule has 0 rings (SSSR count). The van der Waals surface area contributed by atoms with Crippen LogP contribution in [0.4, 0.5) is 0 Å². The second-order valence-corrected chi connectivity index (χ2v) is 35.3. The maximum absolute atomic E-state index is 13.1. The first kappa shape index (κ1) is 103. The highest BCUT2D eigenvalue weighted by molar-refractivity contribution is 7.47. The number of phosphoric ester groups is 2. The summed E-state index contributed by atoms with van der Waals surface area (Å²) in [5.74, 6) is 0.234. The van der Waals surface area contributed by atoms with E-state index in [1.165, 1.54) is 263 Å². The van der Waals surface area contributed by atoms with Gasteiger partial charge in [-0.3, -0.25) is 37.3 Å². The van der Waals surface area contributed by atoms with Gasteiger partial charge in [0, 0.05) is 25.7 Å². The third-order valence-electron chi connectivity index (χ3n) is 20.1. The van der Waals surface area contributed by atoms with Crippen LogP contribution in [0.3, 0.4) is 0 Å². The molecule has 624 valence electrons. The zero-order valence-corrected chi connectivity index (χ0v) is 71.0. The summed E-state index contributed by atoms with van der Waals surface area (Å²) in [4.78, 5) is 73.3. The lowest BCUT2D eigenvalue weighted by Gasteiger charge is -2.21. The van der Waals surface area contributed by atoms with E-state index in [4.69, 9.17) is 37.0 Å².